The lowest BCUT2D eigenvalue weighted by Crippen LogP contribution is -2.70. The van der Waals surface area contributed by atoms with Gasteiger partial charge in [-0.1, -0.05) is 108 Å². The molecule has 0 saturated heterocycles. The van der Waals surface area contributed by atoms with Crippen LogP contribution in [0, 0.1) is 16.2 Å². The van der Waals surface area contributed by atoms with E-state index in [0.717, 1.165) is 13.0 Å². The summed E-state index contributed by atoms with van der Waals surface area (Å²) < 4.78 is 176. The van der Waals surface area contributed by atoms with Crippen LogP contribution in [-0.2, 0) is 9.47 Å². The van der Waals surface area contributed by atoms with Crippen LogP contribution in [0.2, 0.25) is 0 Å². The summed E-state index contributed by atoms with van der Waals surface area (Å²) in [7, 11) is 1.69. The summed E-state index contributed by atoms with van der Waals surface area (Å²) in [4.78, 5) is 0. The van der Waals surface area contributed by atoms with E-state index < -0.39 is 54.0 Å². The Bertz CT molecular complexity index is 836. The molecule has 0 heterocycles. The van der Waals surface area contributed by atoms with Crippen molar-refractivity contribution < 1.29 is 66.5 Å². The van der Waals surface area contributed by atoms with Crippen molar-refractivity contribution in [3.05, 3.63) is 0 Å². The van der Waals surface area contributed by atoms with E-state index in [0.29, 0.717) is 24.0 Å². The molecule has 0 radical (unpaired) electrons. The molecule has 0 amide bonds. The zero-order valence-corrected chi connectivity index (χ0v) is 30.4. The Balaban J connectivity index is -0.000000729. The van der Waals surface area contributed by atoms with Crippen molar-refractivity contribution in [2.24, 2.45) is 16.2 Å². The third-order valence-electron chi connectivity index (χ3n) is 6.90. The molecule has 0 fully saturated rings. The van der Waals surface area contributed by atoms with E-state index in [1.165, 1.54) is 65.7 Å². The summed E-state index contributed by atoms with van der Waals surface area (Å²) in [5.74, 6) is -36.3. The molecule has 15 heteroatoms. The summed E-state index contributed by atoms with van der Waals surface area (Å²) >= 11 is 0. The lowest BCUT2D eigenvalue weighted by Gasteiger charge is -2.40. The molecule has 0 spiro atoms. The standard InChI is InChI=1S/C12H13F13.C12H26.C9H20O2/c1-6(2,3)4-5-7(13,14)8(15,16)9(17,18)10(19,20)11(21,22)12(23,24)25;1-5-6-7-8-9-10-11-12(2,3)4;1-9(2,3)5-6-11-8-7-10-4/h4-5H2,1-3H3;5-11H2,1-4H3;5-8H2,1-4H3. The third kappa shape index (κ3) is 18.8. The van der Waals surface area contributed by atoms with Crippen LogP contribution >= 0.6 is 0 Å². The Morgan fingerprint density at radius 3 is 1.17 bits per heavy atom. The first-order valence-electron chi connectivity index (χ1n) is 16.1. The highest BCUT2D eigenvalue weighted by Crippen LogP contribution is 2.61. The average molecular weight is 735 g/mol. The molecule has 2 nitrogen and oxygen atoms in total. The largest absolute Gasteiger partial charge is 0.460 e. The first kappa shape index (κ1) is 51.4. The molecule has 48 heavy (non-hydrogen) atoms. The lowest BCUT2D eigenvalue weighted by atomic mass is 9.85. The highest BCUT2D eigenvalue weighted by molar-refractivity contribution is 5.10. The van der Waals surface area contributed by atoms with Crippen LogP contribution < -0.4 is 0 Å². The van der Waals surface area contributed by atoms with Crippen LogP contribution in [-0.4, -0.2) is 62.7 Å². The van der Waals surface area contributed by atoms with Gasteiger partial charge in [-0.05, 0) is 35.5 Å². The second-order valence-corrected chi connectivity index (χ2v) is 15.6. The summed E-state index contributed by atoms with van der Waals surface area (Å²) in [5.41, 5.74) is -0.245. The predicted octanol–water partition coefficient (Wildman–Crippen LogP) is 13.4. The van der Waals surface area contributed by atoms with E-state index in [1.807, 2.05) is 0 Å². The number of ether oxygens (including phenoxy) is 2. The normalized spacial score (nSPS) is 14.2. The topological polar surface area (TPSA) is 18.5 Å². The lowest BCUT2D eigenvalue weighted by molar-refractivity contribution is -0.440. The molecule has 294 valence electrons. The van der Waals surface area contributed by atoms with E-state index in [-0.39, 0.29) is 0 Å². The molecule has 0 aromatic carbocycles. The van der Waals surface area contributed by atoms with Gasteiger partial charge < -0.3 is 9.47 Å². The van der Waals surface area contributed by atoms with E-state index in [9.17, 15) is 57.1 Å². The van der Waals surface area contributed by atoms with Crippen molar-refractivity contribution in [2.45, 2.75) is 169 Å². The van der Waals surface area contributed by atoms with Crippen molar-refractivity contribution in [2.75, 3.05) is 26.9 Å². The molecule has 0 unspecified atom stereocenters. The summed E-state index contributed by atoms with van der Waals surface area (Å²) in [6.07, 6.45) is 0.579. The minimum Gasteiger partial charge on any atom is -0.382 e. The molecule has 0 aromatic rings. The molecule has 0 bridgehead atoms. The van der Waals surface area contributed by atoms with E-state index in [2.05, 4.69) is 48.5 Å². The van der Waals surface area contributed by atoms with Crippen molar-refractivity contribution in [1.29, 1.82) is 0 Å². The zero-order chi connectivity index (χ0) is 39.1. The molecule has 0 saturated carbocycles. The molecule has 0 aliphatic carbocycles. The van der Waals surface area contributed by atoms with Gasteiger partial charge in [-0.25, -0.2) is 0 Å². The fourth-order valence-corrected chi connectivity index (χ4v) is 3.55. The minimum absolute atomic E-state index is 0.382. The van der Waals surface area contributed by atoms with Crippen LogP contribution in [0.5, 0.6) is 0 Å². The monoisotopic (exact) mass is 734 g/mol. The van der Waals surface area contributed by atoms with Crippen LogP contribution in [0.25, 0.3) is 0 Å². The third-order valence-corrected chi connectivity index (χ3v) is 6.90. The van der Waals surface area contributed by atoms with Crippen LogP contribution in [0.3, 0.4) is 0 Å². The second kappa shape index (κ2) is 20.2. The van der Waals surface area contributed by atoms with Gasteiger partial charge in [0.15, 0.2) is 0 Å². The Morgan fingerprint density at radius 1 is 0.396 bits per heavy atom. The number of alkyl halides is 13. The Morgan fingerprint density at radius 2 is 0.792 bits per heavy atom. The maximum absolute atomic E-state index is 13.4. The average Bonchev–Trinajstić information content (AvgIpc) is 2.87. The van der Waals surface area contributed by atoms with E-state index in [4.69, 9.17) is 9.47 Å². The van der Waals surface area contributed by atoms with Gasteiger partial charge in [0.05, 0.1) is 13.2 Å². The van der Waals surface area contributed by atoms with E-state index >= 15 is 0 Å². The molecule has 0 N–H and O–H groups in total. The molecule has 0 rings (SSSR count). The summed E-state index contributed by atoms with van der Waals surface area (Å²) in [6, 6.07) is 0. The van der Waals surface area contributed by atoms with Crippen LogP contribution in [0.1, 0.15) is 133 Å². The fraction of sp³-hybridized carbons (Fsp3) is 1.00. The van der Waals surface area contributed by atoms with Crippen molar-refractivity contribution in [3.8, 4) is 0 Å². The Kier molecular flexibility index (Phi) is 21.6. The predicted molar refractivity (Wildman–Crippen MR) is 164 cm³/mol. The maximum atomic E-state index is 13.4. The smallest absolute Gasteiger partial charge is 0.382 e. The van der Waals surface area contributed by atoms with Gasteiger partial charge in [-0.2, -0.15) is 57.1 Å². The van der Waals surface area contributed by atoms with Gasteiger partial charge in [0.2, 0.25) is 0 Å². The highest BCUT2D eigenvalue weighted by atomic mass is 19.4. The maximum Gasteiger partial charge on any atom is 0.460 e. The molecule has 0 aromatic heterocycles. The van der Waals surface area contributed by atoms with Gasteiger partial charge in [0.1, 0.15) is 0 Å². The Labute approximate surface area is 279 Å². The van der Waals surface area contributed by atoms with Gasteiger partial charge in [-0.15, -0.1) is 0 Å². The Hall–Kier alpha value is -0.990. The molecular weight excluding hydrogens is 675 g/mol. The number of unbranched alkanes of at least 4 members (excludes halogenated alkanes) is 5. The fourth-order valence-electron chi connectivity index (χ4n) is 3.55. The quantitative estimate of drug-likeness (QED) is 0.109. The summed E-state index contributed by atoms with van der Waals surface area (Å²) in [5, 5.41) is 0. The molecular formula is C33H59F13O2. The van der Waals surface area contributed by atoms with Gasteiger partial charge in [0.25, 0.3) is 0 Å². The summed E-state index contributed by atoms with van der Waals surface area (Å²) in [6.45, 7) is 21.7. The SMILES string of the molecule is CC(C)(C)CCC(F)(F)C(F)(F)C(F)(F)C(F)(F)C(F)(F)C(F)(F)F.CCCCCCCCC(C)(C)C.COCCOCCC(C)(C)C. The first-order valence-corrected chi connectivity index (χ1v) is 16.1. The van der Waals surface area contributed by atoms with Crippen LogP contribution in [0.15, 0.2) is 0 Å². The molecule has 0 aliphatic heterocycles. The molecule has 0 atom stereocenters. The molecule has 0 aliphatic rings. The number of hydrogen-bond donors (Lipinski definition) is 0. The number of hydrogen-bond acceptors (Lipinski definition) is 2. The number of methoxy groups -OCH3 is 1. The van der Waals surface area contributed by atoms with Gasteiger partial charge in [0, 0.05) is 20.1 Å². The number of rotatable bonds is 17. The van der Waals surface area contributed by atoms with Crippen molar-refractivity contribution >= 4 is 0 Å². The first-order chi connectivity index (χ1) is 21.1. The van der Waals surface area contributed by atoms with E-state index in [1.54, 1.807) is 7.11 Å². The van der Waals surface area contributed by atoms with Crippen LogP contribution in [0.4, 0.5) is 57.1 Å². The van der Waals surface area contributed by atoms with Crippen molar-refractivity contribution in [3.63, 3.8) is 0 Å². The minimum atomic E-state index is -7.83. The second-order valence-electron chi connectivity index (χ2n) is 15.6. The number of halogens is 13. The van der Waals surface area contributed by atoms with Gasteiger partial charge in [-0.3, -0.25) is 0 Å². The highest BCUT2D eigenvalue weighted by Gasteiger charge is 2.90. The van der Waals surface area contributed by atoms with Crippen molar-refractivity contribution in [1.82, 2.24) is 0 Å². The zero-order valence-electron chi connectivity index (χ0n) is 30.4. The van der Waals surface area contributed by atoms with Gasteiger partial charge >= 0.3 is 35.8 Å².